The molecule has 0 aliphatic rings. The third kappa shape index (κ3) is 9.07. The van der Waals surface area contributed by atoms with Crippen molar-refractivity contribution in [3.63, 3.8) is 0 Å². The molecule has 8 aromatic rings. The first-order chi connectivity index (χ1) is 28.1. The molecule has 8 rings (SSSR count). The lowest BCUT2D eigenvalue weighted by Crippen LogP contribution is -2.24. The highest BCUT2D eigenvalue weighted by molar-refractivity contribution is 6.11. The molecule has 0 N–H and O–H groups in total. The molecule has 9 heteroatoms. The predicted molar refractivity (Wildman–Crippen MR) is 223 cm³/mol. The highest BCUT2D eigenvalue weighted by atomic mass is 16.5. The molecule has 0 aliphatic carbocycles. The monoisotopic (exact) mass is 749 g/mol. The van der Waals surface area contributed by atoms with Crippen molar-refractivity contribution in [3.05, 3.63) is 198 Å². The zero-order chi connectivity index (χ0) is 38.8. The van der Waals surface area contributed by atoms with Gasteiger partial charge < -0.3 is 4.74 Å². The quantitative estimate of drug-likeness (QED) is 0.0751. The van der Waals surface area contributed by atoms with Gasteiger partial charge in [0.1, 0.15) is 0 Å². The van der Waals surface area contributed by atoms with E-state index in [0.29, 0.717) is 51.4 Å². The van der Waals surface area contributed by atoms with Crippen LogP contribution >= 0.6 is 0 Å². The lowest BCUT2D eigenvalue weighted by molar-refractivity contribution is 0.0526. The number of ether oxygens (including phenoxy) is 1. The van der Waals surface area contributed by atoms with Crippen molar-refractivity contribution in [2.45, 2.75) is 46.2 Å². The fourth-order valence-corrected chi connectivity index (χ4v) is 7.39. The SMILES string of the molecule is CCOC(=O)c1cccc(-c2c3cccc(CN(Cc4ccccn4)Cc4ccccn4)c3nc3c(CN(Cc4ccccn4)Cc4ccccn4)cccc23)c1. The summed E-state index contributed by atoms with van der Waals surface area (Å²) in [6, 6.07) is 44.7. The second-order valence-corrected chi connectivity index (χ2v) is 14.0. The van der Waals surface area contributed by atoms with Crippen LogP contribution in [0.4, 0.5) is 0 Å². The Balaban J connectivity index is 1.28. The largest absolute Gasteiger partial charge is 0.462 e. The molecular formula is C48H43N7O2. The summed E-state index contributed by atoms with van der Waals surface area (Å²) in [6.45, 7) is 5.89. The molecule has 0 aliphatic heterocycles. The van der Waals surface area contributed by atoms with E-state index in [4.69, 9.17) is 9.72 Å². The summed E-state index contributed by atoms with van der Waals surface area (Å²) in [5.74, 6) is -0.345. The molecule has 0 bridgehead atoms. The Hall–Kier alpha value is -6.68. The Labute approximate surface area is 332 Å². The molecule has 5 aromatic heterocycles. The summed E-state index contributed by atoms with van der Waals surface area (Å²) in [5, 5.41) is 2.01. The summed E-state index contributed by atoms with van der Waals surface area (Å²) < 4.78 is 5.43. The van der Waals surface area contributed by atoms with Crippen LogP contribution in [0.5, 0.6) is 0 Å². The van der Waals surface area contributed by atoms with Crippen LogP contribution < -0.4 is 0 Å². The number of para-hydroxylation sites is 2. The molecule has 9 nitrogen and oxygen atoms in total. The van der Waals surface area contributed by atoms with Crippen molar-refractivity contribution in [2.75, 3.05) is 6.61 Å². The molecule has 57 heavy (non-hydrogen) atoms. The minimum atomic E-state index is -0.345. The first-order valence-corrected chi connectivity index (χ1v) is 19.3. The van der Waals surface area contributed by atoms with E-state index in [2.05, 4.69) is 96.5 Å². The summed E-state index contributed by atoms with van der Waals surface area (Å²) in [5.41, 5.74) is 10.3. The first-order valence-electron chi connectivity index (χ1n) is 19.3. The number of rotatable bonds is 15. The molecule has 3 aromatic carbocycles. The number of benzene rings is 3. The van der Waals surface area contributed by atoms with Gasteiger partial charge >= 0.3 is 5.97 Å². The average Bonchev–Trinajstić information content (AvgIpc) is 3.25. The Bertz CT molecular complexity index is 2340. The number of nitrogens with zero attached hydrogens (tertiary/aromatic N) is 7. The molecule has 0 saturated heterocycles. The lowest BCUT2D eigenvalue weighted by Gasteiger charge is -2.24. The summed E-state index contributed by atoms with van der Waals surface area (Å²) in [7, 11) is 0. The number of carbonyl (C=O) groups excluding carboxylic acids is 1. The molecule has 0 saturated carbocycles. The molecule has 0 fully saturated rings. The minimum absolute atomic E-state index is 0.303. The lowest BCUT2D eigenvalue weighted by atomic mass is 9.92. The number of aromatic nitrogens is 5. The number of hydrogen-bond acceptors (Lipinski definition) is 9. The fourth-order valence-electron chi connectivity index (χ4n) is 7.39. The third-order valence-corrected chi connectivity index (χ3v) is 9.90. The van der Waals surface area contributed by atoms with Crippen molar-refractivity contribution in [3.8, 4) is 11.1 Å². The van der Waals surface area contributed by atoms with Crippen LogP contribution in [0.1, 0.15) is 51.2 Å². The summed E-state index contributed by atoms with van der Waals surface area (Å²) in [4.78, 5) is 42.0. The summed E-state index contributed by atoms with van der Waals surface area (Å²) in [6.07, 6.45) is 7.35. The molecule has 0 radical (unpaired) electrons. The van der Waals surface area contributed by atoms with Crippen LogP contribution in [-0.2, 0) is 44.0 Å². The normalized spacial score (nSPS) is 11.4. The van der Waals surface area contributed by atoms with Crippen LogP contribution in [0, 0.1) is 0 Å². The van der Waals surface area contributed by atoms with Gasteiger partial charge in [0, 0.05) is 80.4 Å². The van der Waals surface area contributed by atoms with Crippen molar-refractivity contribution in [1.82, 2.24) is 34.7 Å². The summed E-state index contributed by atoms with van der Waals surface area (Å²) >= 11 is 0. The first kappa shape index (κ1) is 37.3. The Morgan fingerprint density at radius 3 is 1.35 bits per heavy atom. The number of fused-ring (bicyclic) bond motifs is 2. The maximum absolute atomic E-state index is 13.0. The molecule has 0 unspecified atom stereocenters. The number of carbonyl (C=O) groups is 1. The number of pyridine rings is 5. The van der Waals surface area contributed by atoms with Gasteiger partial charge in [0.05, 0.1) is 46.0 Å². The van der Waals surface area contributed by atoms with Gasteiger partial charge in [0.25, 0.3) is 0 Å². The maximum atomic E-state index is 13.0. The van der Waals surface area contributed by atoms with Crippen molar-refractivity contribution in [2.24, 2.45) is 0 Å². The highest BCUT2D eigenvalue weighted by Crippen LogP contribution is 2.38. The van der Waals surface area contributed by atoms with Crippen LogP contribution in [0.15, 0.2) is 158 Å². The number of esters is 1. The Morgan fingerprint density at radius 2 is 0.947 bits per heavy atom. The second-order valence-electron chi connectivity index (χ2n) is 14.0. The van der Waals surface area contributed by atoms with Crippen molar-refractivity contribution >= 4 is 27.8 Å². The van der Waals surface area contributed by atoms with Crippen LogP contribution in [0.2, 0.25) is 0 Å². The van der Waals surface area contributed by atoms with Crippen molar-refractivity contribution in [1.29, 1.82) is 0 Å². The van der Waals surface area contributed by atoms with E-state index in [1.165, 1.54) is 0 Å². The van der Waals surface area contributed by atoms with E-state index in [-0.39, 0.29) is 5.97 Å². The van der Waals surface area contributed by atoms with E-state index < -0.39 is 0 Å². The average molecular weight is 750 g/mol. The Morgan fingerprint density at radius 1 is 0.509 bits per heavy atom. The third-order valence-electron chi connectivity index (χ3n) is 9.90. The van der Waals surface area contributed by atoms with Gasteiger partial charge in [-0.05, 0) is 84.3 Å². The van der Waals surface area contributed by atoms with Gasteiger partial charge in [0.15, 0.2) is 0 Å². The van der Waals surface area contributed by atoms with Gasteiger partial charge in [-0.2, -0.15) is 0 Å². The van der Waals surface area contributed by atoms with Gasteiger partial charge in [-0.15, -0.1) is 0 Å². The van der Waals surface area contributed by atoms with E-state index in [9.17, 15) is 4.79 Å². The van der Waals surface area contributed by atoms with E-state index in [1.807, 2.05) is 98.4 Å². The van der Waals surface area contributed by atoms with E-state index >= 15 is 0 Å². The van der Waals surface area contributed by atoms with Gasteiger partial charge in [-0.25, -0.2) is 9.78 Å². The fraction of sp³-hybridized carbons (Fsp3) is 0.167. The van der Waals surface area contributed by atoms with Gasteiger partial charge in [0.2, 0.25) is 0 Å². The second kappa shape index (κ2) is 17.8. The predicted octanol–water partition coefficient (Wildman–Crippen LogP) is 9.22. The van der Waals surface area contributed by atoms with E-state index in [0.717, 1.165) is 66.8 Å². The van der Waals surface area contributed by atoms with Crippen molar-refractivity contribution < 1.29 is 9.53 Å². The van der Waals surface area contributed by atoms with Gasteiger partial charge in [-0.1, -0.05) is 72.8 Å². The van der Waals surface area contributed by atoms with E-state index in [1.54, 1.807) is 0 Å². The van der Waals surface area contributed by atoms with Gasteiger partial charge in [-0.3, -0.25) is 29.7 Å². The molecule has 5 heterocycles. The standard InChI is InChI=1S/C48H43N7O2/c1-2-57-48(56)36-15-11-14-35(28-36)45-43-22-12-16-37(29-54(31-39-18-3-7-24-49-39)32-40-19-4-8-25-50-40)46(43)53-47-38(17-13-23-44(45)47)30-55(33-41-20-5-9-26-51-41)34-42-21-6-10-27-52-42/h3-28H,2,29-34H2,1H3. The smallest absolute Gasteiger partial charge is 0.338 e. The van der Waals surface area contributed by atoms with Crippen LogP contribution in [0.25, 0.3) is 32.9 Å². The highest BCUT2D eigenvalue weighted by Gasteiger charge is 2.20. The Kier molecular flexibility index (Phi) is 11.7. The topological polar surface area (TPSA) is 97.2 Å². The maximum Gasteiger partial charge on any atom is 0.338 e. The van der Waals surface area contributed by atoms with Crippen LogP contribution in [-0.4, -0.2) is 47.3 Å². The molecule has 282 valence electrons. The number of hydrogen-bond donors (Lipinski definition) is 0. The molecule has 0 atom stereocenters. The molecule has 0 spiro atoms. The molecule has 0 amide bonds. The molecular weight excluding hydrogens is 707 g/mol. The zero-order valence-electron chi connectivity index (χ0n) is 31.9. The van der Waals surface area contributed by atoms with Crippen LogP contribution in [0.3, 0.4) is 0 Å². The zero-order valence-corrected chi connectivity index (χ0v) is 31.9. The minimum Gasteiger partial charge on any atom is -0.462 e.